The molecule has 0 aliphatic rings. The molecule has 1 aromatic heterocycles. The maximum absolute atomic E-state index is 5.32. The summed E-state index contributed by atoms with van der Waals surface area (Å²) in [6.07, 6.45) is 1.69. The van der Waals surface area contributed by atoms with Gasteiger partial charge in [-0.1, -0.05) is 18.2 Å². The molecule has 5 heteroatoms. The Kier molecular flexibility index (Phi) is 3.78. The van der Waals surface area contributed by atoms with E-state index in [4.69, 9.17) is 4.74 Å². The molecule has 0 aliphatic carbocycles. The molecular formula is C17H18N4O. The van der Waals surface area contributed by atoms with Gasteiger partial charge in [-0.3, -0.25) is 0 Å². The van der Waals surface area contributed by atoms with Gasteiger partial charge in [0.15, 0.2) is 0 Å². The van der Waals surface area contributed by atoms with Crippen molar-refractivity contribution in [2.24, 2.45) is 0 Å². The van der Waals surface area contributed by atoms with Crippen LogP contribution in [-0.2, 0) is 0 Å². The van der Waals surface area contributed by atoms with Crippen LogP contribution < -0.4 is 10.1 Å². The number of benzene rings is 2. The fraction of sp³-hybridized carbons (Fsp3) is 0.176. The van der Waals surface area contributed by atoms with Crippen molar-refractivity contribution in [2.45, 2.75) is 13.8 Å². The Labute approximate surface area is 129 Å². The van der Waals surface area contributed by atoms with Gasteiger partial charge in [-0.2, -0.15) is 4.98 Å². The highest BCUT2D eigenvalue weighted by atomic mass is 16.5. The van der Waals surface area contributed by atoms with Crippen LogP contribution in [0.4, 0.5) is 11.6 Å². The summed E-state index contributed by atoms with van der Waals surface area (Å²) in [6.45, 7) is 4.12. The van der Waals surface area contributed by atoms with E-state index in [0.29, 0.717) is 5.95 Å². The third-order valence-electron chi connectivity index (χ3n) is 3.64. The first kappa shape index (κ1) is 14.1. The molecule has 0 radical (unpaired) electrons. The number of hydrogen-bond acceptors (Lipinski definition) is 4. The molecule has 1 heterocycles. The van der Waals surface area contributed by atoms with E-state index in [-0.39, 0.29) is 0 Å². The molecule has 0 amide bonds. The van der Waals surface area contributed by atoms with E-state index >= 15 is 0 Å². The molecule has 0 atom stereocenters. The van der Waals surface area contributed by atoms with Gasteiger partial charge in [0.1, 0.15) is 12.1 Å². The van der Waals surface area contributed by atoms with E-state index in [1.54, 1.807) is 18.1 Å². The van der Waals surface area contributed by atoms with E-state index in [2.05, 4.69) is 29.2 Å². The van der Waals surface area contributed by atoms with Gasteiger partial charge in [0, 0.05) is 11.8 Å². The summed E-state index contributed by atoms with van der Waals surface area (Å²) >= 11 is 0. The molecule has 5 nitrogen and oxygen atoms in total. The smallest absolute Gasteiger partial charge is 0.246 e. The highest BCUT2D eigenvalue weighted by Gasteiger charge is 2.08. The van der Waals surface area contributed by atoms with Crippen molar-refractivity contribution >= 4 is 11.6 Å². The van der Waals surface area contributed by atoms with Crippen molar-refractivity contribution in [3.8, 4) is 11.4 Å². The predicted molar refractivity (Wildman–Crippen MR) is 87.1 cm³/mol. The maximum Gasteiger partial charge on any atom is 0.246 e. The first-order valence-corrected chi connectivity index (χ1v) is 7.06. The zero-order valence-corrected chi connectivity index (χ0v) is 12.9. The molecule has 0 bridgehead atoms. The van der Waals surface area contributed by atoms with Crippen LogP contribution >= 0.6 is 0 Å². The van der Waals surface area contributed by atoms with Crippen LogP contribution in [0.25, 0.3) is 5.69 Å². The lowest BCUT2D eigenvalue weighted by Crippen LogP contribution is -2.00. The second kappa shape index (κ2) is 5.89. The van der Waals surface area contributed by atoms with Crippen LogP contribution in [-0.4, -0.2) is 21.9 Å². The van der Waals surface area contributed by atoms with Gasteiger partial charge in [0.05, 0.1) is 12.8 Å². The van der Waals surface area contributed by atoms with Crippen LogP contribution in [0.5, 0.6) is 5.75 Å². The first-order valence-electron chi connectivity index (χ1n) is 7.06. The molecule has 1 N–H and O–H groups in total. The molecule has 0 saturated carbocycles. The maximum atomic E-state index is 5.32. The molecule has 0 spiro atoms. The molecule has 22 heavy (non-hydrogen) atoms. The van der Waals surface area contributed by atoms with Gasteiger partial charge in [0.25, 0.3) is 0 Å². The van der Waals surface area contributed by atoms with Crippen molar-refractivity contribution in [2.75, 3.05) is 12.4 Å². The lowest BCUT2D eigenvalue weighted by molar-refractivity contribution is 0.414. The molecule has 0 fully saturated rings. The van der Waals surface area contributed by atoms with Crippen molar-refractivity contribution < 1.29 is 4.74 Å². The first-order chi connectivity index (χ1) is 10.7. The monoisotopic (exact) mass is 294 g/mol. The third-order valence-corrected chi connectivity index (χ3v) is 3.64. The minimum absolute atomic E-state index is 0.555. The number of aryl methyl sites for hydroxylation is 1. The van der Waals surface area contributed by atoms with Crippen molar-refractivity contribution in [3.63, 3.8) is 0 Å². The number of nitrogens with one attached hydrogen (secondary N) is 1. The summed E-state index contributed by atoms with van der Waals surface area (Å²) in [6, 6.07) is 13.8. The van der Waals surface area contributed by atoms with E-state index in [1.807, 2.05) is 42.5 Å². The van der Waals surface area contributed by atoms with Crippen molar-refractivity contribution in [3.05, 3.63) is 59.9 Å². The van der Waals surface area contributed by atoms with Crippen LogP contribution in [0, 0.1) is 13.8 Å². The zero-order valence-electron chi connectivity index (χ0n) is 12.9. The summed E-state index contributed by atoms with van der Waals surface area (Å²) in [4.78, 5) is 4.31. The fourth-order valence-corrected chi connectivity index (χ4v) is 2.22. The van der Waals surface area contributed by atoms with Crippen molar-refractivity contribution in [1.82, 2.24) is 14.8 Å². The van der Waals surface area contributed by atoms with Crippen LogP contribution in [0.3, 0.4) is 0 Å². The fourth-order valence-electron chi connectivity index (χ4n) is 2.22. The Balaban J connectivity index is 1.88. The zero-order chi connectivity index (χ0) is 15.5. The van der Waals surface area contributed by atoms with Crippen LogP contribution in [0.15, 0.2) is 48.8 Å². The molecule has 0 aliphatic heterocycles. The van der Waals surface area contributed by atoms with Gasteiger partial charge in [0.2, 0.25) is 5.95 Å². The lowest BCUT2D eigenvalue weighted by atomic mass is 10.1. The van der Waals surface area contributed by atoms with Crippen LogP contribution in [0.2, 0.25) is 0 Å². The van der Waals surface area contributed by atoms with E-state index < -0.39 is 0 Å². The van der Waals surface area contributed by atoms with Crippen LogP contribution in [0.1, 0.15) is 11.1 Å². The molecule has 112 valence electrons. The minimum atomic E-state index is 0.555. The van der Waals surface area contributed by atoms with Gasteiger partial charge >= 0.3 is 0 Å². The number of ether oxygens (including phenoxy) is 1. The number of nitrogens with zero attached hydrogens (tertiary/aromatic N) is 3. The van der Waals surface area contributed by atoms with Crippen molar-refractivity contribution in [1.29, 1.82) is 0 Å². The minimum Gasteiger partial charge on any atom is -0.497 e. The van der Waals surface area contributed by atoms with Gasteiger partial charge < -0.3 is 10.1 Å². The number of para-hydroxylation sites is 1. The summed E-state index contributed by atoms with van der Waals surface area (Å²) in [5.74, 6) is 1.37. The summed E-state index contributed by atoms with van der Waals surface area (Å²) in [7, 11) is 1.66. The van der Waals surface area contributed by atoms with E-state index in [1.165, 1.54) is 0 Å². The molecular weight excluding hydrogens is 276 g/mol. The molecule has 3 rings (SSSR count). The Morgan fingerprint density at radius 3 is 2.59 bits per heavy atom. The summed E-state index contributed by atoms with van der Waals surface area (Å²) in [5.41, 5.74) is 4.23. The Hall–Kier alpha value is -2.82. The normalized spacial score (nSPS) is 10.5. The number of anilines is 2. The molecule has 2 aromatic carbocycles. The lowest BCUT2D eigenvalue weighted by Gasteiger charge is -2.11. The Morgan fingerprint density at radius 2 is 1.86 bits per heavy atom. The average molecular weight is 294 g/mol. The predicted octanol–water partition coefficient (Wildman–Crippen LogP) is 3.64. The second-order valence-electron chi connectivity index (χ2n) is 5.09. The second-order valence-corrected chi connectivity index (χ2v) is 5.09. The Morgan fingerprint density at radius 1 is 1.09 bits per heavy atom. The topological polar surface area (TPSA) is 52.0 Å². The quantitative estimate of drug-likeness (QED) is 0.798. The SMILES string of the molecule is COc1cc(C)c(C)c(Nc2ncn(-c3ccccc3)n2)c1. The number of aromatic nitrogens is 3. The highest BCUT2D eigenvalue weighted by molar-refractivity contribution is 5.63. The largest absolute Gasteiger partial charge is 0.497 e. The number of methoxy groups -OCH3 is 1. The highest BCUT2D eigenvalue weighted by Crippen LogP contribution is 2.27. The van der Waals surface area contributed by atoms with E-state index in [9.17, 15) is 0 Å². The van der Waals surface area contributed by atoms with Gasteiger partial charge in [-0.05, 0) is 43.2 Å². The van der Waals surface area contributed by atoms with Gasteiger partial charge in [-0.15, -0.1) is 5.10 Å². The molecule has 0 saturated heterocycles. The molecule has 3 aromatic rings. The summed E-state index contributed by atoms with van der Waals surface area (Å²) in [5, 5.41) is 7.71. The third kappa shape index (κ3) is 2.79. The summed E-state index contributed by atoms with van der Waals surface area (Å²) < 4.78 is 7.06. The average Bonchev–Trinajstić information content (AvgIpc) is 3.01. The number of rotatable bonds is 4. The van der Waals surface area contributed by atoms with Gasteiger partial charge in [-0.25, -0.2) is 4.68 Å². The number of hydrogen-bond donors (Lipinski definition) is 1. The van der Waals surface area contributed by atoms with E-state index in [0.717, 1.165) is 28.3 Å². The Bertz CT molecular complexity index is 781. The molecule has 0 unspecified atom stereocenters. The standard InChI is InChI=1S/C17H18N4O/c1-12-9-15(22-3)10-16(13(12)2)19-17-18-11-21(20-17)14-7-5-4-6-8-14/h4-11H,1-3H3,(H,19,20).